The van der Waals surface area contributed by atoms with Gasteiger partial charge in [-0.3, -0.25) is 4.90 Å². The number of pyridine rings is 1. The zero-order valence-electron chi connectivity index (χ0n) is 11.8. The van der Waals surface area contributed by atoms with Crippen LogP contribution in [0.15, 0.2) is 18.3 Å². The predicted molar refractivity (Wildman–Crippen MR) is 76.7 cm³/mol. The van der Waals surface area contributed by atoms with Crippen molar-refractivity contribution in [1.29, 1.82) is 0 Å². The van der Waals surface area contributed by atoms with Crippen LogP contribution in [0.3, 0.4) is 0 Å². The number of nitrogens with zero attached hydrogens (tertiary/aromatic N) is 2. The van der Waals surface area contributed by atoms with E-state index in [0.717, 1.165) is 24.8 Å². The van der Waals surface area contributed by atoms with E-state index in [-0.39, 0.29) is 0 Å². The van der Waals surface area contributed by atoms with Gasteiger partial charge in [0.25, 0.3) is 0 Å². The van der Waals surface area contributed by atoms with Gasteiger partial charge in [-0.1, -0.05) is 6.92 Å². The molecule has 1 aliphatic heterocycles. The highest BCUT2D eigenvalue weighted by Gasteiger charge is 2.24. The molecule has 0 amide bonds. The van der Waals surface area contributed by atoms with Crippen LogP contribution in [0.25, 0.3) is 0 Å². The molecule has 2 atom stereocenters. The van der Waals surface area contributed by atoms with Crippen molar-refractivity contribution in [3.8, 4) is 0 Å². The highest BCUT2D eigenvalue weighted by atomic mass is 15.2. The van der Waals surface area contributed by atoms with E-state index in [2.05, 4.69) is 48.1 Å². The fourth-order valence-corrected chi connectivity index (χ4v) is 2.73. The van der Waals surface area contributed by atoms with Gasteiger partial charge in [-0.2, -0.15) is 0 Å². The van der Waals surface area contributed by atoms with E-state index >= 15 is 0 Å². The molecular formula is C15H25N3. The topological polar surface area (TPSA) is 28.2 Å². The lowest BCUT2D eigenvalue weighted by Crippen LogP contribution is -2.41. The van der Waals surface area contributed by atoms with Gasteiger partial charge < -0.3 is 5.32 Å². The summed E-state index contributed by atoms with van der Waals surface area (Å²) in [6, 6.07) is 5.00. The average Bonchev–Trinajstić information content (AvgIpc) is 2.36. The number of aromatic nitrogens is 1. The Morgan fingerprint density at radius 3 is 3.06 bits per heavy atom. The molecule has 1 saturated heterocycles. The van der Waals surface area contributed by atoms with Gasteiger partial charge in [0.1, 0.15) is 5.82 Å². The molecule has 2 unspecified atom stereocenters. The molecule has 0 spiro atoms. The van der Waals surface area contributed by atoms with Crippen molar-refractivity contribution >= 4 is 5.82 Å². The first kappa shape index (κ1) is 13.3. The van der Waals surface area contributed by atoms with Crippen LogP contribution in [0.4, 0.5) is 5.82 Å². The van der Waals surface area contributed by atoms with Crippen molar-refractivity contribution in [2.75, 3.05) is 18.4 Å². The lowest BCUT2D eigenvalue weighted by atomic mass is 9.92. The van der Waals surface area contributed by atoms with Crippen LogP contribution in [0.1, 0.15) is 39.2 Å². The van der Waals surface area contributed by atoms with Crippen molar-refractivity contribution in [3.63, 3.8) is 0 Å². The molecule has 100 valence electrons. The number of rotatable bonds is 4. The monoisotopic (exact) mass is 247 g/mol. The quantitative estimate of drug-likeness (QED) is 0.886. The highest BCUT2D eigenvalue weighted by Crippen LogP contribution is 2.24. The molecule has 2 heterocycles. The maximum absolute atomic E-state index is 4.33. The summed E-state index contributed by atoms with van der Waals surface area (Å²) >= 11 is 0. The van der Waals surface area contributed by atoms with Gasteiger partial charge in [-0.15, -0.1) is 0 Å². The predicted octanol–water partition coefficient (Wildman–Crippen LogP) is 3.13. The Hall–Kier alpha value is -1.09. The summed E-state index contributed by atoms with van der Waals surface area (Å²) in [5.41, 5.74) is 1.36. The molecule has 1 aromatic heterocycles. The fourth-order valence-electron chi connectivity index (χ4n) is 2.73. The summed E-state index contributed by atoms with van der Waals surface area (Å²) in [5.74, 6) is 1.81. The molecule has 0 radical (unpaired) electrons. The van der Waals surface area contributed by atoms with Crippen LogP contribution in [0.2, 0.25) is 0 Å². The Balaban J connectivity index is 2.01. The van der Waals surface area contributed by atoms with Crippen molar-refractivity contribution in [2.24, 2.45) is 5.92 Å². The lowest BCUT2D eigenvalue weighted by Gasteiger charge is -2.38. The third-order valence-corrected chi connectivity index (χ3v) is 4.07. The number of hydrogen-bond donors (Lipinski definition) is 1. The number of hydrogen-bond acceptors (Lipinski definition) is 3. The Labute approximate surface area is 111 Å². The Kier molecular flexibility index (Phi) is 4.59. The standard InChI is InChI=1S/C15H25N3/c1-4-16-15-10-14(7-8-17-15)11-18-9-5-6-12(2)13(18)3/h7-8,10,12-13H,4-6,9,11H2,1-3H3,(H,16,17). The molecule has 0 bridgehead atoms. The smallest absolute Gasteiger partial charge is 0.126 e. The van der Waals surface area contributed by atoms with Crippen molar-refractivity contribution in [3.05, 3.63) is 23.9 Å². The molecule has 2 rings (SSSR count). The Bertz CT molecular complexity index is 378. The van der Waals surface area contributed by atoms with Gasteiger partial charge in [-0.05, 0) is 56.8 Å². The van der Waals surface area contributed by atoms with Gasteiger partial charge >= 0.3 is 0 Å². The number of nitrogens with one attached hydrogen (secondary N) is 1. The van der Waals surface area contributed by atoms with Crippen molar-refractivity contribution in [2.45, 2.75) is 46.2 Å². The molecule has 18 heavy (non-hydrogen) atoms. The molecule has 0 aliphatic carbocycles. The van der Waals surface area contributed by atoms with Gasteiger partial charge in [0.15, 0.2) is 0 Å². The number of likely N-dealkylation sites (tertiary alicyclic amines) is 1. The summed E-state index contributed by atoms with van der Waals surface area (Å²) in [6.07, 6.45) is 4.61. The largest absolute Gasteiger partial charge is 0.370 e. The minimum absolute atomic E-state index is 0.689. The van der Waals surface area contributed by atoms with E-state index < -0.39 is 0 Å². The molecule has 0 saturated carbocycles. The van der Waals surface area contributed by atoms with Crippen LogP contribution < -0.4 is 5.32 Å². The van der Waals surface area contributed by atoms with E-state index in [9.17, 15) is 0 Å². The third-order valence-electron chi connectivity index (χ3n) is 4.07. The summed E-state index contributed by atoms with van der Waals surface area (Å²) in [5, 5.41) is 3.28. The third kappa shape index (κ3) is 3.22. The molecule has 1 N–H and O–H groups in total. The maximum atomic E-state index is 4.33. The molecular weight excluding hydrogens is 222 g/mol. The molecule has 3 heteroatoms. The molecule has 0 aromatic carbocycles. The maximum Gasteiger partial charge on any atom is 0.126 e. The van der Waals surface area contributed by atoms with E-state index in [1.54, 1.807) is 0 Å². The molecule has 1 aromatic rings. The summed E-state index contributed by atoms with van der Waals surface area (Å²) < 4.78 is 0. The molecule has 1 fully saturated rings. The number of piperidine rings is 1. The summed E-state index contributed by atoms with van der Waals surface area (Å²) in [4.78, 5) is 6.92. The van der Waals surface area contributed by atoms with Crippen molar-refractivity contribution < 1.29 is 0 Å². The second kappa shape index (κ2) is 6.19. The van der Waals surface area contributed by atoms with E-state index in [0.29, 0.717) is 6.04 Å². The first-order valence-corrected chi connectivity index (χ1v) is 7.13. The van der Waals surface area contributed by atoms with Crippen LogP contribution in [-0.4, -0.2) is 29.0 Å². The number of anilines is 1. The summed E-state index contributed by atoms with van der Waals surface area (Å²) in [7, 11) is 0. The van der Waals surface area contributed by atoms with Crippen LogP contribution in [0, 0.1) is 5.92 Å². The minimum atomic E-state index is 0.689. The fraction of sp³-hybridized carbons (Fsp3) is 0.667. The second-order valence-electron chi connectivity index (χ2n) is 5.41. The normalized spacial score (nSPS) is 25.1. The first-order chi connectivity index (χ1) is 8.70. The van der Waals surface area contributed by atoms with Gasteiger partial charge in [0.2, 0.25) is 0 Å². The SMILES string of the molecule is CCNc1cc(CN2CCCC(C)C2C)ccn1. The van der Waals surface area contributed by atoms with Crippen LogP contribution in [-0.2, 0) is 6.54 Å². The van der Waals surface area contributed by atoms with Crippen LogP contribution >= 0.6 is 0 Å². The van der Waals surface area contributed by atoms with E-state index in [4.69, 9.17) is 0 Å². The summed E-state index contributed by atoms with van der Waals surface area (Å²) in [6.45, 7) is 10.0. The highest BCUT2D eigenvalue weighted by molar-refractivity contribution is 5.37. The Morgan fingerprint density at radius 1 is 1.44 bits per heavy atom. The second-order valence-corrected chi connectivity index (χ2v) is 5.41. The average molecular weight is 247 g/mol. The lowest BCUT2D eigenvalue weighted by molar-refractivity contribution is 0.106. The van der Waals surface area contributed by atoms with Gasteiger partial charge in [0.05, 0.1) is 0 Å². The minimum Gasteiger partial charge on any atom is -0.370 e. The first-order valence-electron chi connectivity index (χ1n) is 7.13. The van der Waals surface area contributed by atoms with E-state index in [1.807, 2.05) is 6.20 Å². The molecule has 1 aliphatic rings. The zero-order valence-corrected chi connectivity index (χ0v) is 11.8. The van der Waals surface area contributed by atoms with E-state index in [1.165, 1.54) is 24.9 Å². The molecule has 3 nitrogen and oxygen atoms in total. The van der Waals surface area contributed by atoms with Gasteiger partial charge in [0, 0.05) is 25.3 Å². The Morgan fingerprint density at radius 2 is 2.28 bits per heavy atom. The van der Waals surface area contributed by atoms with Crippen LogP contribution in [0.5, 0.6) is 0 Å². The zero-order chi connectivity index (χ0) is 13.0. The van der Waals surface area contributed by atoms with Crippen molar-refractivity contribution in [1.82, 2.24) is 9.88 Å². The van der Waals surface area contributed by atoms with Gasteiger partial charge in [-0.25, -0.2) is 4.98 Å².